The van der Waals surface area contributed by atoms with Gasteiger partial charge in [0.15, 0.2) is 12.6 Å². The summed E-state index contributed by atoms with van der Waals surface area (Å²) in [5.41, 5.74) is 7.53. The number of carbonyl (C=O) groups excluding carboxylic acids is 1. The van der Waals surface area contributed by atoms with Gasteiger partial charge in [-0.2, -0.15) is 0 Å². The highest BCUT2D eigenvalue weighted by Gasteiger charge is 2.18. The van der Waals surface area contributed by atoms with Gasteiger partial charge in [-0.25, -0.2) is 0 Å². The second kappa shape index (κ2) is 12.5. The summed E-state index contributed by atoms with van der Waals surface area (Å²) in [6.45, 7) is 5.63. The average Bonchev–Trinajstić information content (AvgIpc) is 2.82. The molecule has 7 heteroatoms. The molecule has 7 nitrogen and oxygen atoms in total. The summed E-state index contributed by atoms with van der Waals surface area (Å²) in [4.78, 5) is 20.0. The van der Waals surface area contributed by atoms with Gasteiger partial charge in [0.1, 0.15) is 5.75 Å². The molecule has 170 valence electrons. The Morgan fingerprint density at radius 2 is 1.81 bits per heavy atom. The molecule has 0 aliphatic carbocycles. The Morgan fingerprint density at radius 3 is 2.47 bits per heavy atom. The van der Waals surface area contributed by atoms with Crippen LogP contribution in [0.2, 0.25) is 0 Å². The van der Waals surface area contributed by atoms with Crippen molar-refractivity contribution >= 4 is 17.9 Å². The van der Waals surface area contributed by atoms with Crippen molar-refractivity contribution in [2.45, 2.75) is 6.42 Å². The van der Waals surface area contributed by atoms with Gasteiger partial charge in [0.05, 0.1) is 0 Å². The average molecular weight is 436 g/mol. The summed E-state index contributed by atoms with van der Waals surface area (Å²) >= 11 is 0. The van der Waals surface area contributed by atoms with E-state index in [1.807, 2.05) is 37.4 Å². The van der Waals surface area contributed by atoms with Crippen LogP contribution in [0, 0.1) is 0 Å². The van der Waals surface area contributed by atoms with E-state index in [1.54, 1.807) is 0 Å². The molecule has 0 bridgehead atoms. The second-order valence-corrected chi connectivity index (χ2v) is 7.72. The number of hydrogen-bond acceptors (Lipinski definition) is 4. The minimum atomic E-state index is -0.478. The Kier molecular flexibility index (Phi) is 9.13. The fourth-order valence-electron chi connectivity index (χ4n) is 3.60. The molecule has 3 N–H and O–H groups in total. The standard InChI is InChI=1S/C25H33N5O2/c1-27-25(28-14-13-22-9-11-23(12-10-22)32-20-24(26)31)30-18-16-29(17-19-30)15-5-8-21-6-3-2-4-7-21/h2-12H,13-20H2,1H3,(H2,26,31)(H,27,28)/b8-5+. The van der Waals surface area contributed by atoms with Gasteiger partial charge in [0.25, 0.3) is 5.91 Å². The SMILES string of the molecule is CN=C(NCCc1ccc(OCC(N)=O)cc1)N1CCN(C/C=C/c2ccccc2)CC1. The van der Waals surface area contributed by atoms with Gasteiger partial charge in [-0.1, -0.05) is 54.6 Å². The van der Waals surface area contributed by atoms with Crippen molar-refractivity contribution in [2.24, 2.45) is 10.7 Å². The Balaban J connectivity index is 1.36. The quantitative estimate of drug-likeness (QED) is 0.465. The fourth-order valence-corrected chi connectivity index (χ4v) is 3.60. The highest BCUT2D eigenvalue weighted by Crippen LogP contribution is 2.12. The van der Waals surface area contributed by atoms with Gasteiger partial charge < -0.3 is 20.7 Å². The van der Waals surface area contributed by atoms with Crippen molar-refractivity contribution in [3.8, 4) is 5.75 Å². The zero-order valence-electron chi connectivity index (χ0n) is 18.7. The molecule has 0 spiro atoms. The van der Waals surface area contributed by atoms with E-state index < -0.39 is 5.91 Å². The highest BCUT2D eigenvalue weighted by atomic mass is 16.5. The van der Waals surface area contributed by atoms with Crippen molar-refractivity contribution in [3.05, 3.63) is 71.8 Å². The van der Waals surface area contributed by atoms with Crippen molar-refractivity contribution in [2.75, 3.05) is 52.9 Å². The van der Waals surface area contributed by atoms with Crippen LogP contribution < -0.4 is 15.8 Å². The number of nitrogens with one attached hydrogen (secondary N) is 1. The molecule has 32 heavy (non-hydrogen) atoms. The lowest BCUT2D eigenvalue weighted by Crippen LogP contribution is -2.52. The van der Waals surface area contributed by atoms with Crippen LogP contribution >= 0.6 is 0 Å². The van der Waals surface area contributed by atoms with E-state index >= 15 is 0 Å². The van der Waals surface area contributed by atoms with Crippen LogP contribution in [0.1, 0.15) is 11.1 Å². The smallest absolute Gasteiger partial charge is 0.255 e. The third kappa shape index (κ3) is 7.74. The number of primary amides is 1. The first kappa shape index (κ1) is 23.3. The Morgan fingerprint density at radius 1 is 1.09 bits per heavy atom. The maximum atomic E-state index is 10.8. The third-order valence-electron chi connectivity index (χ3n) is 5.36. The molecule has 0 saturated carbocycles. The van der Waals surface area contributed by atoms with Gasteiger partial charge in [-0.05, 0) is 29.7 Å². The summed E-state index contributed by atoms with van der Waals surface area (Å²) in [6, 6.07) is 18.1. The predicted molar refractivity (Wildman–Crippen MR) is 130 cm³/mol. The van der Waals surface area contributed by atoms with Crippen molar-refractivity contribution in [1.82, 2.24) is 15.1 Å². The van der Waals surface area contributed by atoms with E-state index in [0.717, 1.165) is 51.6 Å². The number of rotatable bonds is 9. The Labute approximate surface area is 190 Å². The fraction of sp³-hybridized carbons (Fsp3) is 0.360. The maximum absolute atomic E-state index is 10.8. The van der Waals surface area contributed by atoms with Crippen LogP contribution in [0.4, 0.5) is 0 Å². The molecule has 2 aromatic carbocycles. The summed E-state index contributed by atoms with van der Waals surface area (Å²) in [6.07, 6.45) is 5.30. The minimum Gasteiger partial charge on any atom is -0.484 e. The first-order valence-electron chi connectivity index (χ1n) is 11.0. The van der Waals surface area contributed by atoms with E-state index in [9.17, 15) is 4.79 Å². The predicted octanol–water partition coefficient (Wildman–Crippen LogP) is 2.00. The molecular weight excluding hydrogens is 402 g/mol. The number of nitrogens with two attached hydrogens (primary N) is 1. The first-order valence-corrected chi connectivity index (χ1v) is 11.0. The summed E-state index contributed by atoms with van der Waals surface area (Å²) in [5.74, 6) is 1.12. The molecule has 1 fully saturated rings. The second-order valence-electron chi connectivity index (χ2n) is 7.72. The van der Waals surface area contributed by atoms with Crippen molar-refractivity contribution < 1.29 is 9.53 Å². The molecule has 1 saturated heterocycles. The number of aliphatic imine (C=N–C) groups is 1. The summed E-state index contributed by atoms with van der Waals surface area (Å²) in [7, 11) is 1.84. The largest absolute Gasteiger partial charge is 0.484 e. The number of carbonyl (C=O) groups is 1. The molecule has 0 unspecified atom stereocenters. The lowest BCUT2D eigenvalue weighted by molar-refractivity contribution is -0.119. The zero-order valence-corrected chi connectivity index (χ0v) is 18.7. The number of guanidine groups is 1. The van der Waals surface area contributed by atoms with Gasteiger partial charge in [-0.3, -0.25) is 14.7 Å². The van der Waals surface area contributed by atoms with Crippen LogP contribution in [0.15, 0.2) is 65.7 Å². The Bertz CT molecular complexity index is 888. The maximum Gasteiger partial charge on any atom is 0.255 e. The molecule has 0 atom stereocenters. The van der Waals surface area contributed by atoms with E-state index in [1.165, 1.54) is 11.1 Å². The Hall–Kier alpha value is -3.32. The van der Waals surface area contributed by atoms with Gasteiger partial charge in [-0.15, -0.1) is 0 Å². The van der Waals surface area contributed by atoms with Crippen LogP contribution in [-0.2, 0) is 11.2 Å². The summed E-state index contributed by atoms with van der Waals surface area (Å²) < 4.78 is 5.29. The number of benzene rings is 2. The van der Waals surface area contributed by atoms with E-state index in [2.05, 4.69) is 56.5 Å². The number of ether oxygens (including phenoxy) is 1. The number of nitrogens with zero attached hydrogens (tertiary/aromatic N) is 3. The van der Waals surface area contributed by atoms with Crippen LogP contribution in [-0.4, -0.2) is 74.6 Å². The minimum absolute atomic E-state index is 0.103. The van der Waals surface area contributed by atoms with Gasteiger partial charge in [0.2, 0.25) is 0 Å². The molecule has 0 radical (unpaired) electrons. The number of piperazine rings is 1. The van der Waals surface area contributed by atoms with E-state index in [0.29, 0.717) is 5.75 Å². The summed E-state index contributed by atoms with van der Waals surface area (Å²) in [5, 5.41) is 3.47. The molecule has 1 heterocycles. The van der Waals surface area contributed by atoms with Gasteiger partial charge >= 0.3 is 0 Å². The molecule has 1 amide bonds. The van der Waals surface area contributed by atoms with Gasteiger partial charge in [0, 0.05) is 46.3 Å². The topological polar surface area (TPSA) is 83.2 Å². The zero-order chi connectivity index (χ0) is 22.6. The van der Waals surface area contributed by atoms with Crippen LogP contribution in [0.25, 0.3) is 6.08 Å². The van der Waals surface area contributed by atoms with Crippen molar-refractivity contribution in [3.63, 3.8) is 0 Å². The molecule has 3 rings (SSSR count). The van der Waals surface area contributed by atoms with E-state index in [4.69, 9.17) is 10.5 Å². The molecule has 1 aliphatic rings. The monoisotopic (exact) mass is 435 g/mol. The highest BCUT2D eigenvalue weighted by molar-refractivity contribution is 5.80. The molecule has 1 aliphatic heterocycles. The van der Waals surface area contributed by atoms with Crippen molar-refractivity contribution in [1.29, 1.82) is 0 Å². The third-order valence-corrected chi connectivity index (χ3v) is 5.36. The lowest BCUT2D eigenvalue weighted by atomic mass is 10.1. The normalized spacial score (nSPS) is 15.2. The first-order chi connectivity index (χ1) is 15.6. The molecule has 0 aromatic heterocycles. The number of hydrogen-bond donors (Lipinski definition) is 2. The number of amides is 1. The molecular formula is C25H33N5O2. The lowest BCUT2D eigenvalue weighted by Gasteiger charge is -2.36. The van der Waals surface area contributed by atoms with E-state index in [-0.39, 0.29) is 6.61 Å². The van der Waals surface area contributed by atoms with Crippen LogP contribution in [0.5, 0.6) is 5.75 Å². The molecule has 2 aromatic rings. The van der Waals surface area contributed by atoms with Crippen LogP contribution in [0.3, 0.4) is 0 Å².